The van der Waals surface area contributed by atoms with Crippen LogP contribution in [0, 0.1) is 6.92 Å². The van der Waals surface area contributed by atoms with Gasteiger partial charge in [0.15, 0.2) is 5.13 Å². The van der Waals surface area contributed by atoms with E-state index in [9.17, 15) is 9.59 Å². The number of para-hydroxylation sites is 1. The first kappa shape index (κ1) is 21.2. The fraction of sp³-hybridized carbons (Fsp3) is 0.286. The third kappa shape index (κ3) is 5.53. The number of amides is 2. The summed E-state index contributed by atoms with van der Waals surface area (Å²) in [4.78, 5) is 31.2. The maximum absolute atomic E-state index is 12.7. The lowest BCUT2D eigenvalue weighted by Gasteiger charge is -2.10. The fourth-order valence-corrected chi connectivity index (χ4v) is 4.02. The maximum atomic E-state index is 12.7. The van der Waals surface area contributed by atoms with Crippen LogP contribution in [0.2, 0.25) is 5.02 Å². The van der Waals surface area contributed by atoms with Gasteiger partial charge in [-0.1, -0.05) is 35.1 Å². The molecule has 2 amide bonds. The van der Waals surface area contributed by atoms with Crippen molar-refractivity contribution in [2.24, 2.45) is 0 Å². The zero-order valence-electron chi connectivity index (χ0n) is 16.6. The first-order valence-corrected chi connectivity index (χ1v) is 10.4. The Balaban J connectivity index is 1.70. The molecule has 2 N–H and O–H groups in total. The van der Waals surface area contributed by atoms with Crippen LogP contribution in [0.25, 0.3) is 10.2 Å². The third-order valence-electron chi connectivity index (χ3n) is 4.37. The molecule has 0 radical (unpaired) electrons. The first-order valence-electron chi connectivity index (χ1n) is 9.25. The molecular weight excluding hydrogens is 408 g/mol. The molecule has 0 unspecified atom stereocenters. The normalized spacial score (nSPS) is 11.1. The predicted molar refractivity (Wildman–Crippen MR) is 120 cm³/mol. The second-order valence-corrected chi connectivity index (χ2v) is 8.48. The monoisotopic (exact) mass is 430 g/mol. The van der Waals surface area contributed by atoms with Crippen molar-refractivity contribution in [3.05, 3.63) is 52.5 Å². The Morgan fingerprint density at radius 1 is 1.17 bits per heavy atom. The predicted octanol–water partition coefficient (Wildman–Crippen LogP) is 4.79. The highest BCUT2D eigenvalue weighted by Gasteiger charge is 2.13. The molecule has 0 spiro atoms. The molecule has 0 atom stereocenters. The number of aromatic nitrogens is 1. The van der Waals surface area contributed by atoms with Crippen molar-refractivity contribution in [2.75, 3.05) is 31.3 Å². The third-order valence-corrected chi connectivity index (χ3v) is 5.62. The SMILES string of the molecule is Cc1cccc(Cl)c1NC(=O)c1ccc2nc(NC(=O)CCCN(C)C)sc2c1. The molecule has 29 heavy (non-hydrogen) atoms. The lowest BCUT2D eigenvalue weighted by molar-refractivity contribution is -0.116. The molecule has 2 aromatic carbocycles. The number of anilines is 2. The van der Waals surface area contributed by atoms with E-state index in [-0.39, 0.29) is 11.8 Å². The smallest absolute Gasteiger partial charge is 0.255 e. The highest BCUT2D eigenvalue weighted by Crippen LogP contribution is 2.29. The molecule has 0 aliphatic rings. The van der Waals surface area contributed by atoms with Gasteiger partial charge < -0.3 is 15.5 Å². The van der Waals surface area contributed by atoms with Crippen molar-refractivity contribution >= 4 is 55.8 Å². The van der Waals surface area contributed by atoms with Crippen LogP contribution in [0.15, 0.2) is 36.4 Å². The van der Waals surface area contributed by atoms with Gasteiger partial charge in [-0.3, -0.25) is 9.59 Å². The Morgan fingerprint density at radius 2 is 1.97 bits per heavy atom. The van der Waals surface area contributed by atoms with E-state index < -0.39 is 0 Å². The van der Waals surface area contributed by atoms with Crippen LogP contribution in [-0.4, -0.2) is 42.3 Å². The second-order valence-electron chi connectivity index (χ2n) is 7.04. The largest absolute Gasteiger partial charge is 0.320 e. The van der Waals surface area contributed by atoms with Crippen molar-refractivity contribution < 1.29 is 9.59 Å². The first-order chi connectivity index (χ1) is 13.8. The van der Waals surface area contributed by atoms with Crippen LogP contribution in [0.3, 0.4) is 0 Å². The second kappa shape index (κ2) is 9.35. The summed E-state index contributed by atoms with van der Waals surface area (Å²) in [6.07, 6.45) is 1.23. The van der Waals surface area contributed by atoms with E-state index >= 15 is 0 Å². The van der Waals surface area contributed by atoms with Crippen molar-refractivity contribution in [1.29, 1.82) is 0 Å². The zero-order chi connectivity index (χ0) is 21.0. The number of nitrogens with zero attached hydrogens (tertiary/aromatic N) is 2. The summed E-state index contributed by atoms with van der Waals surface area (Å²) in [6, 6.07) is 10.7. The Kier molecular flexibility index (Phi) is 6.84. The number of nitrogens with one attached hydrogen (secondary N) is 2. The number of rotatable bonds is 7. The molecule has 0 aliphatic carbocycles. The average Bonchev–Trinajstić information content (AvgIpc) is 3.05. The molecule has 8 heteroatoms. The molecule has 1 heterocycles. The Hall–Kier alpha value is -2.48. The quantitative estimate of drug-likeness (QED) is 0.565. The minimum absolute atomic E-state index is 0.0573. The van der Waals surface area contributed by atoms with Crippen molar-refractivity contribution in [1.82, 2.24) is 9.88 Å². The van der Waals surface area contributed by atoms with Gasteiger partial charge in [-0.2, -0.15) is 0 Å². The highest BCUT2D eigenvalue weighted by atomic mass is 35.5. The number of halogens is 1. The van der Waals surface area contributed by atoms with Crippen LogP contribution in [0.1, 0.15) is 28.8 Å². The highest BCUT2D eigenvalue weighted by molar-refractivity contribution is 7.22. The Morgan fingerprint density at radius 3 is 2.69 bits per heavy atom. The summed E-state index contributed by atoms with van der Waals surface area (Å²) in [5.74, 6) is -0.302. The van der Waals surface area contributed by atoms with E-state index in [1.807, 2.05) is 38.1 Å². The fourth-order valence-electron chi connectivity index (χ4n) is 2.83. The van der Waals surface area contributed by atoms with Gasteiger partial charge in [-0.05, 0) is 63.8 Å². The van der Waals surface area contributed by atoms with E-state index in [1.165, 1.54) is 11.3 Å². The molecule has 0 fully saturated rings. The summed E-state index contributed by atoms with van der Waals surface area (Å²) in [7, 11) is 3.96. The van der Waals surface area contributed by atoms with E-state index in [1.54, 1.807) is 24.3 Å². The zero-order valence-corrected chi connectivity index (χ0v) is 18.2. The molecule has 1 aromatic heterocycles. The minimum Gasteiger partial charge on any atom is -0.320 e. The summed E-state index contributed by atoms with van der Waals surface area (Å²) in [5.41, 5.74) is 2.74. The molecule has 3 rings (SSSR count). The number of benzene rings is 2. The molecule has 0 bridgehead atoms. The Bertz CT molecular complexity index is 1030. The number of aryl methyl sites for hydroxylation is 1. The number of carbonyl (C=O) groups excluding carboxylic acids is 2. The lowest BCUT2D eigenvalue weighted by Crippen LogP contribution is -2.17. The van der Waals surface area contributed by atoms with Gasteiger partial charge in [-0.25, -0.2) is 4.98 Å². The maximum Gasteiger partial charge on any atom is 0.255 e. The number of carbonyl (C=O) groups is 2. The molecule has 0 saturated heterocycles. The van der Waals surface area contributed by atoms with Crippen LogP contribution in [-0.2, 0) is 4.79 Å². The van der Waals surface area contributed by atoms with Gasteiger partial charge in [0.05, 0.1) is 20.9 Å². The molecule has 6 nitrogen and oxygen atoms in total. The van der Waals surface area contributed by atoms with Gasteiger partial charge in [0.25, 0.3) is 5.91 Å². The van der Waals surface area contributed by atoms with Gasteiger partial charge >= 0.3 is 0 Å². The van der Waals surface area contributed by atoms with Gasteiger partial charge in [-0.15, -0.1) is 0 Å². The van der Waals surface area contributed by atoms with E-state index in [4.69, 9.17) is 11.6 Å². The van der Waals surface area contributed by atoms with Gasteiger partial charge in [0.2, 0.25) is 5.91 Å². The van der Waals surface area contributed by atoms with Crippen molar-refractivity contribution in [3.63, 3.8) is 0 Å². The Labute approximate surface area is 178 Å². The summed E-state index contributed by atoms with van der Waals surface area (Å²) >= 11 is 7.55. The summed E-state index contributed by atoms with van der Waals surface area (Å²) in [5, 5.41) is 6.74. The summed E-state index contributed by atoms with van der Waals surface area (Å²) in [6.45, 7) is 2.75. The average molecular weight is 431 g/mol. The van der Waals surface area contributed by atoms with Crippen LogP contribution >= 0.6 is 22.9 Å². The van der Waals surface area contributed by atoms with Crippen LogP contribution in [0.4, 0.5) is 10.8 Å². The number of hydrogen-bond donors (Lipinski definition) is 2. The topological polar surface area (TPSA) is 74.3 Å². The van der Waals surface area contributed by atoms with E-state index in [0.29, 0.717) is 27.8 Å². The number of thiazole rings is 1. The molecule has 3 aromatic rings. The van der Waals surface area contributed by atoms with E-state index in [0.717, 1.165) is 28.7 Å². The summed E-state index contributed by atoms with van der Waals surface area (Å²) < 4.78 is 0.831. The molecular formula is C21H23ClN4O2S. The molecule has 152 valence electrons. The lowest BCUT2D eigenvalue weighted by atomic mass is 10.1. The van der Waals surface area contributed by atoms with Crippen LogP contribution < -0.4 is 10.6 Å². The van der Waals surface area contributed by atoms with Gasteiger partial charge in [0, 0.05) is 12.0 Å². The minimum atomic E-state index is -0.245. The molecule has 0 aliphatic heterocycles. The molecule has 0 saturated carbocycles. The number of fused-ring (bicyclic) bond motifs is 1. The standard InChI is InChI=1S/C21H23ClN4O2S/c1-13-6-4-7-15(22)19(13)25-20(28)14-9-10-16-17(12-14)29-21(23-16)24-18(27)8-5-11-26(2)3/h4,6-7,9-10,12H,5,8,11H2,1-3H3,(H,25,28)(H,23,24,27). The van der Waals surface area contributed by atoms with E-state index in [2.05, 4.69) is 15.6 Å². The van der Waals surface area contributed by atoms with Gasteiger partial charge in [0.1, 0.15) is 0 Å². The van der Waals surface area contributed by atoms with Crippen molar-refractivity contribution in [2.45, 2.75) is 19.8 Å². The number of hydrogen-bond acceptors (Lipinski definition) is 5. The van der Waals surface area contributed by atoms with Crippen molar-refractivity contribution in [3.8, 4) is 0 Å². The van der Waals surface area contributed by atoms with Crippen LogP contribution in [0.5, 0.6) is 0 Å².